The first-order valence-corrected chi connectivity index (χ1v) is 4.02. The van der Waals surface area contributed by atoms with Gasteiger partial charge in [0.2, 0.25) is 0 Å². The summed E-state index contributed by atoms with van der Waals surface area (Å²) in [5.74, 6) is -1.86. The summed E-state index contributed by atoms with van der Waals surface area (Å²) in [4.78, 5) is 21.6. The number of carboxylic acid groups (broad SMARTS) is 2. The maximum Gasteiger partial charge on any atom is 0.310 e. The van der Waals surface area contributed by atoms with E-state index in [1.54, 1.807) is 0 Å². The molecule has 0 amide bonds. The van der Waals surface area contributed by atoms with Crippen LogP contribution in [0.1, 0.15) is 25.7 Å². The van der Waals surface area contributed by atoms with E-state index < -0.39 is 22.8 Å². The summed E-state index contributed by atoms with van der Waals surface area (Å²) in [7, 11) is 0. The second kappa shape index (κ2) is 1.81. The molecule has 2 aliphatic carbocycles. The average molecular weight is 170 g/mol. The van der Waals surface area contributed by atoms with Crippen molar-refractivity contribution in [1.82, 2.24) is 0 Å². The zero-order chi connectivity index (χ0) is 8.98. The zero-order valence-corrected chi connectivity index (χ0v) is 6.54. The second-order valence-corrected chi connectivity index (χ2v) is 3.77. The average Bonchev–Trinajstić information content (AvgIpc) is 2.83. The molecule has 0 saturated heterocycles. The molecule has 2 rings (SSSR count). The maximum atomic E-state index is 10.8. The molecule has 0 aromatic rings. The molecular weight excluding hydrogens is 160 g/mol. The zero-order valence-electron chi connectivity index (χ0n) is 6.54. The van der Waals surface area contributed by atoms with E-state index >= 15 is 0 Å². The topological polar surface area (TPSA) is 74.6 Å². The molecule has 0 aliphatic heterocycles. The molecule has 4 nitrogen and oxygen atoms in total. The van der Waals surface area contributed by atoms with E-state index in [1.165, 1.54) is 0 Å². The molecule has 66 valence electrons. The first-order chi connectivity index (χ1) is 5.55. The third-order valence-corrected chi connectivity index (χ3v) is 3.23. The van der Waals surface area contributed by atoms with E-state index in [1.807, 2.05) is 0 Å². The molecule has 0 bridgehead atoms. The molecule has 0 unspecified atom stereocenters. The van der Waals surface area contributed by atoms with Crippen LogP contribution < -0.4 is 0 Å². The van der Waals surface area contributed by atoms with Crippen LogP contribution in [0.25, 0.3) is 0 Å². The molecule has 0 atom stereocenters. The largest absolute Gasteiger partial charge is 0.481 e. The lowest BCUT2D eigenvalue weighted by atomic mass is 9.86. The highest BCUT2D eigenvalue weighted by Crippen LogP contribution is 2.70. The normalized spacial score (nSPS) is 27.7. The fourth-order valence-electron chi connectivity index (χ4n) is 2.04. The van der Waals surface area contributed by atoms with Gasteiger partial charge in [0.1, 0.15) is 0 Å². The highest BCUT2D eigenvalue weighted by molar-refractivity contribution is 5.91. The lowest BCUT2D eigenvalue weighted by molar-refractivity contribution is -0.157. The second-order valence-electron chi connectivity index (χ2n) is 3.77. The van der Waals surface area contributed by atoms with Crippen molar-refractivity contribution in [2.45, 2.75) is 25.7 Å². The first kappa shape index (κ1) is 7.58. The van der Waals surface area contributed by atoms with Gasteiger partial charge in [0.25, 0.3) is 0 Å². The van der Waals surface area contributed by atoms with E-state index in [4.69, 9.17) is 10.2 Å². The van der Waals surface area contributed by atoms with Gasteiger partial charge in [-0.3, -0.25) is 9.59 Å². The van der Waals surface area contributed by atoms with Gasteiger partial charge >= 0.3 is 11.9 Å². The summed E-state index contributed by atoms with van der Waals surface area (Å²) in [6.45, 7) is 0. The summed E-state index contributed by atoms with van der Waals surface area (Å²) < 4.78 is 0. The van der Waals surface area contributed by atoms with E-state index in [9.17, 15) is 9.59 Å². The van der Waals surface area contributed by atoms with Gasteiger partial charge in [-0.25, -0.2) is 0 Å². The van der Waals surface area contributed by atoms with Crippen molar-refractivity contribution in [2.24, 2.45) is 10.8 Å². The quantitative estimate of drug-likeness (QED) is 0.654. The molecule has 0 spiro atoms. The van der Waals surface area contributed by atoms with Crippen LogP contribution in [0.2, 0.25) is 0 Å². The molecule has 4 heteroatoms. The molecule has 2 N–H and O–H groups in total. The Morgan fingerprint density at radius 3 is 1.17 bits per heavy atom. The molecule has 2 aliphatic rings. The summed E-state index contributed by atoms with van der Waals surface area (Å²) in [5, 5.41) is 17.7. The Labute approximate surface area is 69.2 Å². The minimum absolute atomic E-state index is 0.536. The fourth-order valence-corrected chi connectivity index (χ4v) is 2.04. The van der Waals surface area contributed by atoms with Gasteiger partial charge in [0.15, 0.2) is 0 Å². The molecule has 0 aromatic carbocycles. The fraction of sp³-hybridized carbons (Fsp3) is 0.750. The van der Waals surface area contributed by atoms with Crippen molar-refractivity contribution in [1.29, 1.82) is 0 Å². The van der Waals surface area contributed by atoms with Crippen LogP contribution in [-0.2, 0) is 9.59 Å². The van der Waals surface area contributed by atoms with Gasteiger partial charge in [-0.2, -0.15) is 0 Å². The number of hydrogen-bond acceptors (Lipinski definition) is 2. The molecule has 0 radical (unpaired) electrons. The van der Waals surface area contributed by atoms with E-state index in [2.05, 4.69) is 0 Å². The molecular formula is C8H10O4. The highest BCUT2D eigenvalue weighted by atomic mass is 16.4. The van der Waals surface area contributed by atoms with Crippen LogP contribution in [0.5, 0.6) is 0 Å². The van der Waals surface area contributed by atoms with Crippen molar-refractivity contribution < 1.29 is 19.8 Å². The molecule has 2 fully saturated rings. The number of hydrogen-bond donors (Lipinski definition) is 2. The van der Waals surface area contributed by atoms with Gasteiger partial charge in [-0.15, -0.1) is 0 Å². The predicted octanol–water partition coefficient (Wildman–Crippen LogP) is 0.716. The third kappa shape index (κ3) is 0.629. The smallest absolute Gasteiger partial charge is 0.310 e. The molecule has 0 heterocycles. The number of rotatable bonds is 3. The number of carboxylic acids is 2. The number of aliphatic carboxylic acids is 2. The van der Waals surface area contributed by atoms with Crippen LogP contribution in [0.15, 0.2) is 0 Å². The minimum Gasteiger partial charge on any atom is -0.481 e. The lowest BCUT2D eigenvalue weighted by Gasteiger charge is -2.17. The lowest BCUT2D eigenvalue weighted by Crippen LogP contribution is -2.33. The summed E-state index contributed by atoms with van der Waals surface area (Å²) >= 11 is 0. The van der Waals surface area contributed by atoms with Crippen molar-refractivity contribution in [2.75, 3.05) is 0 Å². The molecule has 0 aromatic heterocycles. The molecule has 12 heavy (non-hydrogen) atoms. The van der Waals surface area contributed by atoms with Crippen LogP contribution in [0.3, 0.4) is 0 Å². The Bertz CT molecular complexity index is 232. The highest BCUT2D eigenvalue weighted by Gasteiger charge is 2.74. The van der Waals surface area contributed by atoms with Crippen LogP contribution >= 0.6 is 0 Å². The van der Waals surface area contributed by atoms with Crippen LogP contribution in [-0.4, -0.2) is 22.2 Å². The van der Waals surface area contributed by atoms with Crippen molar-refractivity contribution >= 4 is 11.9 Å². The predicted molar refractivity (Wildman–Crippen MR) is 38.6 cm³/mol. The van der Waals surface area contributed by atoms with Crippen molar-refractivity contribution in [3.63, 3.8) is 0 Å². The SMILES string of the molecule is O=C(O)C1(C2(C(=O)O)CC2)CC1. The van der Waals surface area contributed by atoms with Gasteiger partial charge in [-0.1, -0.05) is 0 Å². The Hall–Kier alpha value is -1.06. The van der Waals surface area contributed by atoms with Crippen molar-refractivity contribution in [3.05, 3.63) is 0 Å². The van der Waals surface area contributed by atoms with Gasteiger partial charge in [-0.05, 0) is 25.7 Å². The standard InChI is InChI=1S/C8H10O4/c9-5(10)7(1-2-7)8(3-4-8)6(11)12/h1-4H2,(H,9,10)(H,11,12). The molecule has 2 saturated carbocycles. The maximum absolute atomic E-state index is 10.8. The Morgan fingerprint density at radius 2 is 1.08 bits per heavy atom. The van der Waals surface area contributed by atoms with Gasteiger partial charge in [0.05, 0.1) is 10.8 Å². The number of carbonyl (C=O) groups is 2. The Balaban J connectivity index is 2.30. The summed E-state index contributed by atoms with van der Waals surface area (Å²) in [6.07, 6.45) is 2.15. The summed E-state index contributed by atoms with van der Waals surface area (Å²) in [6, 6.07) is 0. The van der Waals surface area contributed by atoms with E-state index in [0.29, 0.717) is 25.7 Å². The van der Waals surface area contributed by atoms with Crippen LogP contribution in [0, 0.1) is 10.8 Å². The van der Waals surface area contributed by atoms with Crippen molar-refractivity contribution in [3.8, 4) is 0 Å². The first-order valence-electron chi connectivity index (χ1n) is 4.02. The summed E-state index contributed by atoms with van der Waals surface area (Å²) in [5.41, 5.74) is -1.81. The monoisotopic (exact) mass is 170 g/mol. The van der Waals surface area contributed by atoms with E-state index in [0.717, 1.165) is 0 Å². The minimum atomic E-state index is -0.928. The Morgan fingerprint density at radius 1 is 0.833 bits per heavy atom. The van der Waals surface area contributed by atoms with Crippen LogP contribution in [0.4, 0.5) is 0 Å². The van der Waals surface area contributed by atoms with Gasteiger partial charge in [0, 0.05) is 0 Å². The third-order valence-electron chi connectivity index (χ3n) is 3.23. The Kier molecular flexibility index (Phi) is 1.14. The van der Waals surface area contributed by atoms with Gasteiger partial charge < -0.3 is 10.2 Å². The van der Waals surface area contributed by atoms with E-state index in [-0.39, 0.29) is 0 Å².